The maximum absolute atomic E-state index is 11.3. The van der Waals surface area contributed by atoms with Crippen LogP contribution in [0.25, 0.3) is 0 Å². The van der Waals surface area contributed by atoms with Gasteiger partial charge in [0.2, 0.25) is 0 Å². The third-order valence-electron chi connectivity index (χ3n) is 1.62. The lowest BCUT2D eigenvalue weighted by atomic mass is 10.6. The zero-order valence-corrected chi connectivity index (χ0v) is 7.64. The van der Waals surface area contributed by atoms with Gasteiger partial charge < -0.3 is 0 Å². The fraction of sp³-hybridized carbons (Fsp3) is 0.571. The number of nitrogens with zero attached hydrogens (tertiary/aromatic N) is 5. The summed E-state index contributed by atoms with van der Waals surface area (Å²) in [5.41, 5.74) is -0.176. The Labute approximate surface area is 75.6 Å². The summed E-state index contributed by atoms with van der Waals surface area (Å²) in [5, 5.41) is 12.2. The van der Waals surface area contributed by atoms with Gasteiger partial charge in [0.1, 0.15) is 6.33 Å². The van der Waals surface area contributed by atoms with E-state index in [1.54, 1.807) is 19.0 Å². The lowest BCUT2D eigenvalue weighted by Gasteiger charge is -2.10. The normalized spacial score (nSPS) is 10.3. The Balaban J connectivity index is 2.70. The van der Waals surface area contributed by atoms with Crippen molar-refractivity contribution in [2.24, 2.45) is 7.05 Å². The van der Waals surface area contributed by atoms with Crippen molar-refractivity contribution < 1.29 is 0 Å². The molecular weight excluding hydrogens is 170 g/mol. The third kappa shape index (κ3) is 2.16. The largest absolute Gasteiger partial charge is 0.346 e. The quantitative estimate of drug-likeness (QED) is 0.561. The number of rotatable bonds is 3. The van der Waals surface area contributed by atoms with Gasteiger partial charge in [-0.25, -0.2) is 9.48 Å². The summed E-state index contributed by atoms with van der Waals surface area (Å²) in [7, 11) is 3.35. The molecule has 1 heterocycles. The van der Waals surface area contributed by atoms with E-state index in [0.717, 1.165) is 0 Å². The lowest BCUT2D eigenvalue weighted by molar-refractivity contribution is 0.293. The van der Waals surface area contributed by atoms with Crippen LogP contribution in [0.1, 0.15) is 0 Å². The van der Waals surface area contributed by atoms with E-state index in [2.05, 4.69) is 5.10 Å². The van der Waals surface area contributed by atoms with Crippen LogP contribution in [0.5, 0.6) is 0 Å². The molecule has 0 spiro atoms. The van der Waals surface area contributed by atoms with Crippen LogP contribution >= 0.6 is 0 Å². The second kappa shape index (κ2) is 3.87. The van der Waals surface area contributed by atoms with Crippen LogP contribution < -0.4 is 5.69 Å². The van der Waals surface area contributed by atoms with E-state index in [-0.39, 0.29) is 5.69 Å². The number of nitriles is 1. The molecule has 0 saturated carbocycles. The summed E-state index contributed by atoms with van der Waals surface area (Å²) in [5.74, 6) is 0. The van der Waals surface area contributed by atoms with Crippen molar-refractivity contribution >= 4 is 0 Å². The first-order chi connectivity index (χ1) is 6.15. The topological polar surface area (TPSA) is 66.8 Å². The van der Waals surface area contributed by atoms with E-state index in [0.29, 0.717) is 13.2 Å². The summed E-state index contributed by atoms with van der Waals surface area (Å²) in [6.07, 6.45) is 1.45. The van der Waals surface area contributed by atoms with Crippen LogP contribution in [-0.2, 0) is 13.7 Å². The van der Waals surface area contributed by atoms with E-state index in [4.69, 9.17) is 5.26 Å². The predicted octanol–water partition coefficient (Wildman–Crippen LogP) is -1.01. The molecule has 0 amide bonds. The van der Waals surface area contributed by atoms with Crippen molar-refractivity contribution in [2.75, 3.05) is 13.6 Å². The highest BCUT2D eigenvalue weighted by atomic mass is 16.2. The minimum absolute atomic E-state index is 0.176. The van der Waals surface area contributed by atoms with Gasteiger partial charge in [-0.2, -0.15) is 10.4 Å². The van der Waals surface area contributed by atoms with Crippen molar-refractivity contribution in [3.63, 3.8) is 0 Å². The van der Waals surface area contributed by atoms with E-state index in [1.807, 2.05) is 6.07 Å². The number of aryl methyl sites for hydroxylation is 1. The average molecular weight is 181 g/mol. The van der Waals surface area contributed by atoms with Gasteiger partial charge in [0.05, 0.1) is 19.3 Å². The van der Waals surface area contributed by atoms with Crippen molar-refractivity contribution in [3.05, 3.63) is 16.8 Å². The molecule has 0 aliphatic heterocycles. The summed E-state index contributed by atoms with van der Waals surface area (Å²) in [4.78, 5) is 13.0. The number of aromatic nitrogens is 3. The minimum atomic E-state index is -0.176. The monoisotopic (exact) mass is 181 g/mol. The van der Waals surface area contributed by atoms with E-state index >= 15 is 0 Å². The molecule has 0 N–H and O–H groups in total. The molecule has 70 valence electrons. The highest BCUT2D eigenvalue weighted by molar-refractivity contribution is 4.74. The van der Waals surface area contributed by atoms with E-state index < -0.39 is 0 Å². The molecule has 1 aromatic heterocycles. The van der Waals surface area contributed by atoms with Gasteiger partial charge in [-0.3, -0.25) is 9.47 Å². The molecule has 0 atom stereocenters. The predicted molar refractivity (Wildman–Crippen MR) is 45.7 cm³/mol. The fourth-order valence-corrected chi connectivity index (χ4v) is 0.952. The van der Waals surface area contributed by atoms with Crippen LogP contribution in [0.15, 0.2) is 11.1 Å². The number of hydrogen-bond acceptors (Lipinski definition) is 4. The van der Waals surface area contributed by atoms with Crippen molar-refractivity contribution in [2.45, 2.75) is 6.67 Å². The molecule has 13 heavy (non-hydrogen) atoms. The Bertz CT molecular complexity index is 371. The summed E-state index contributed by atoms with van der Waals surface area (Å²) >= 11 is 0. The summed E-state index contributed by atoms with van der Waals surface area (Å²) in [6.45, 7) is 0.682. The Morgan fingerprint density at radius 3 is 2.92 bits per heavy atom. The molecule has 0 aromatic carbocycles. The molecule has 0 saturated heterocycles. The van der Waals surface area contributed by atoms with Gasteiger partial charge in [0.25, 0.3) is 0 Å². The molecular formula is C7H11N5O. The van der Waals surface area contributed by atoms with Crippen molar-refractivity contribution in [1.82, 2.24) is 19.2 Å². The van der Waals surface area contributed by atoms with Crippen LogP contribution in [0.4, 0.5) is 0 Å². The zero-order chi connectivity index (χ0) is 9.84. The smallest absolute Gasteiger partial charge is 0.275 e. The van der Waals surface area contributed by atoms with Crippen LogP contribution in [-0.4, -0.2) is 32.8 Å². The SMILES string of the molecule is CN(CC#N)Cn1cnn(C)c1=O. The van der Waals surface area contributed by atoms with Gasteiger partial charge in [0, 0.05) is 7.05 Å². The minimum Gasteiger partial charge on any atom is -0.275 e. The molecule has 1 aromatic rings. The second-order valence-corrected chi connectivity index (χ2v) is 2.82. The highest BCUT2D eigenvalue weighted by Gasteiger charge is 2.03. The molecule has 0 aliphatic rings. The number of hydrogen-bond donors (Lipinski definition) is 0. The molecule has 0 bridgehead atoms. The lowest BCUT2D eigenvalue weighted by Crippen LogP contribution is -2.30. The van der Waals surface area contributed by atoms with E-state index in [9.17, 15) is 4.79 Å². The first-order valence-electron chi connectivity index (χ1n) is 3.79. The maximum Gasteiger partial charge on any atom is 0.346 e. The van der Waals surface area contributed by atoms with Gasteiger partial charge in [-0.15, -0.1) is 0 Å². The van der Waals surface area contributed by atoms with Crippen LogP contribution in [0.3, 0.4) is 0 Å². The molecule has 0 fully saturated rings. The second-order valence-electron chi connectivity index (χ2n) is 2.82. The van der Waals surface area contributed by atoms with Crippen LogP contribution in [0.2, 0.25) is 0 Å². The average Bonchev–Trinajstić information content (AvgIpc) is 2.37. The summed E-state index contributed by atoms with van der Waals surface area (Å²) in [6, 6.07) is 2.00. The van der Waals surface area contributed by atoms with Gasteiger partial charge in [-0.05, 0) is 7.05 Å². The molecule has 0 radical (unpaired) electrons. The van der Waals surface area contributed by atoms with Gasteiger partial charge in [-0.1, -0.05) is 0 Å². The molecule has 1 rings (SSSR count). The molecule has 0 unspecified atom stereocenters. The Hall–Kier alpha value is -1.61. The van der Waals surface area contributed by atoms with Crippen LogP contribution in [0, 0.1) is 11.3 Å². The third-order valence-corrected chi connectivity index (χ3v) is 1.62. The first kappa shape index (κ1) is 9.48. The zero-order valence-electron chi connectivity index (χ0n) is 7.64. The Morgan fingerprint density at radius 1 is 1.77 bits per heavy atom. The highest BCUT2D eigenvalue weighted by Crippen LogP contribution is 1.84. The Morgan fingerprint density at radius 2 is 2.46 bits per heavy atom. The Kier molecular flexibility index (Phi) is 2.82. The van der Waals surface area contributed by atoms with E-state index in [1.165, 1.54) is 15.6 Å². The fourth-order valence-electron chi connectivity index (χ4n) is 0.952. The summed E-state index contributed by atoms with van der Waals surface area (Å²) < 4.78 is 2.69. The van der Waals surface area contributed by atoms with Gasteiger partial charge in [0.15, 0.2) is 0 Å². The standard InChI is InChI=1S/C7H11N5O/c1-10(4-3-8)6-12-5-9-11(2)7(12)13/h5H,4,6H2,1-2H3. The van der Waals surface area contributed by atoms with Gasteiger partial charge >= 0.3 is 5.69 Å². The maximum atomic E-state index is 11.3. The van der Waals surface area contributed by atoms with Crippen molar-refractivity contribution in [1.29, 1.82) is 5.26 Å². The van der Waals surface area contributed by atoms with Crippen molar-refractivity contribution in [3.8, 4) is 6.07 Å². The first-order valence-corrected chi connectivity index (χ1v) is 3.79. The molecule has 6 nitrogen and oxygen atoms in total. The molecule has 6 heteroatoms. The molecule has 0 aliphatic carbocycles.